The maximum absolute atomic E-state index is 12.6. The van der Waals surface area contributed by atoms with Crippen LogP contribution >= 0.6 is 0 Å². The molecule has 0 aromatic heterocycles. The van der Waals surface area contributed by atoms with Gasteiger partial charge < -0.3 is 20.4 Å². The van der Waals surface area contributed by atoms with Crippen molar-refractivity contribution in [2.75, 3.05) is 41.3 Å². The zero-order valence-electron chi connectivity index (χ0n) is 16.9. The normalized spacial score (nSPS) is 17.2. The quantitative estimate of drug-likeness (QED) is 0.572. The van der Waals surface area contributed by atoms with Gasteiger partial charge in [0.05, 0.1) is 12.0 Å². The molecular formula is C18H35N5O2. The van der Waals surface area contributed by atoms with Gasteiger partial charge in [-0.15, -0.1) is 0 Å². The molecule has 0 heterocycles. The molecule has 0 aromatic rings. The predicted octanol–water partition coefficient (Wildman–Crippen LogP) is 1.06. The molecule has 0 radical (unpaired) electrons. The van der Waals surface area contributed by atoms with Gasteiger partial charge in [-0.3, -0.25) is 14.6 Å². The second-order valence-electron chi connectivity index (χ2n) is 8.24. The zero-order valence-corrected chi connectivity index (χ0v) is 16.9. The Labute approximate surface area is 152 Å². The molecule has 0 unspecified atom stereocenters. The van der Waals surface area contributed by atoms with E-state index in [0.717, 1.165) is 25.7 Å². The van der Waals surface area contributed by atoms with Crippen molar-refractivity contribution in [3.05, 3.63) is 0 Å². The van der Waals surface area contributed by atoms with Crippen molar-refractivity contribution < 1.29 is 9.59 Å². The Morgan fingerprint density at radius 3 is 2.12 bits per heavy atom. The predicted molar refractivity (Wildman–Crippen MR) is 101 cm³/mol. The van der Waals surface area contributed by atoms with E-state index >= 15 is 0 Å². The Morgan fingerprint density at radius 1 is 1.12 bits per heavy atom. The number of likely N-dealkylation sites (N-methyl/N-ethyl adjacent to an activating group) is 1. The number of rotatable bonds is 5. The van der Waals surface area contributed by atoms with Gasteiger partial charge in [0.15, 0.2) is 5.96 Å². The number of carbonyl (C=O) groups excluding carboxylic acids is 2. The Bertz CT molecular complexity index is 502. The summed E-state index contributed by atoms with van der Waals surface area (Å²) in [6.07, 6.45) is 3.93. The third-order valence-electron chi connectivity index (χ3n) is 4.47. The van der Waals surface area contributed by atoms with E-state index in [1.54, 1.807) is 30.9 Å². The highest BCUT2D eigenvalue weighted by Crippen LogP contribution is 2.38. The van der Waals surface area contributed by atoms with Gasteiger partial charge >= 0.3 is 0 Å². The highest BCUT2D eigenvalue weighted by molar-refractivity contribution is 5.88. The lowest BCUT2D eigenvalue weighted by Gasteiger charge is -2.32. The summed E-state index contributed by atoms with van der Waals surface area (Å²) in [6, 6.07) is 0. The molecule has 0 aliphatic heterocycles. The first-order chi connectivity index (χ1) is 11.5. The molecule has 0 saturated heterocycles. The van der Waals surface area contributed by atoms with Gasteiger partial charge in [-0.25, -0.2) is 0 Å². The van der Waals surface area contributed by atoms with Gasteiger partial charge in [0, 0.05) is 40.3 Å². The largest absolute Gasteiger partial charge is 0.355 e. The summed E-state index contributed by atoms with van der Waals surface area (Å²) in [4.78, 5) is 32.5. The molecule has 0 bridgehead atoms. The maximum atomic E-state index is 12.6. The standard InChI is InChI=1S/C18H35N5O2/c1-17(2,3)21-14(24)12-23(7)16(19-4)20-13-18(10-8-9-11-18)15(25)22(5)6/h8-13H2,1-7H3,(H,19,20)(H,21,24). The maximum Gasteiger partial charge on any atom is 0.240 e. The third kappa shape index (κ3) is 6.21. The number of guanidine groups is 1. The molecule has 0 spiro atoms. The lowest BCUT2D eigenvalue weighted by molar-refractivity contribution is -0.139. The SMILES string of the molecule is CN=C(NCC1(C(=O)N(C)C)CCCC1)N(C)CC(=O)NC(C)(C)C. The number of amides is 2. The van der Waals surface area contributed by atoms with Crippen LogP contribution in [0.2, 0.25) is 0 Å². The molecule has 1 rings (SSSR count). The highest BCUT2D eigenvalue weighted by Gasteiger charge is 2.42. The average Bonchev–Trinajstić information content (AvgIpc) is 2.94. The molecule has 0 aromatic carbocycles. The van der Waals surface area contributed by atoms with Crippen molar-refractivity contribution in [3.63, 3.8) is 0 Å². The summed E-state index contributed by atoms with van der Waals surface area (Å²) in [7, 11) is 7.13. The molecule has 144 valence electrons. The van der Waals surface area contributed by atoms with E-state index in [1.165, 1.54) is 0 Å². The molecule has 1 fully saturated rings. The van der Waals surface area contributed by atoms with Gasteiger partial charge in [-0.05, 0) is 33.6 Å². The van der Waals surface area contributed by atoms with E-state index in [-0.39, 0.29) is 29.3 Å². The van der Waals surface area contributed by atoms with Crippen LogP contribution in [0.15, 0.2) is 4.99 Å². The molecular weight excluding hydrogens is 318 g/mol. The van der Waals surface area contributed by atoms with E-state index < -0.39 is 0 Å². The topological polar surface area (TPSA) is 77.0 Å². The zero-order chi connectivity index (χ0) is 19.3. The molecule has 1 aliphatic carbocycles. The Morgan fingerprint density at radius 2 is 1.68 bits per heavy atom. The summed E-state index contributed by atoms with van der Waals surface area (Å²) in [5.41, 5.74) is -0.630. The average molecular weight is 354 g/mol. The summed E-state index contributed by atoms with van der Waals surface area (Å²) >= 11 is 0. The van der Waals surface area contributed by atoms with Crippen LogP contribution in [0, 0.1) is 5.41 Å². The number of nitrogens with one attached hydrogen (secondary N) is 2. The van der Waals surface area contributed by atoms with E-state index in [2.05, 4.69) is 15.6 Å². The minimum Gasteiger partial charge on any atom is -0.355 e. The van der Waals surface area contributed by atoms with Gasteiger partial charge in [0.25, 0.3) is 0 Å². The lowest BCUT2D eigenvalue weighted by atomic mass is 9.84. The van der Waals surface area contributed by atoms with Crippen molar-refractivity contribution in [2.24, 2.45) is 10.4 Å². The van der Waals surface area contributed by atoms with Crippen LogP contribution < -0.4 is 10.6 Å². The molecule has 25 heavy (non-hydrogen) atoms. The molecule has 2 N–H and O–H groups in total. The van der Waals surface area contributed by atoms with Crippen LogP contribution in [0.25, 0.3) is 0 Å². The Hall–Kier alpha value is -1.79. The smallest absolute Gasteiger partial charge is 0.240 e. The summed E-state index contributed by atoms with van der Waals surface area (Å²) in [6.45, 7) is 6.62. The first kappa shape index (κ1) is 21.3. The van der Waals surface area contributed by atoms with Crippen LogP contribution in [-0.2, 0) is 9.59 Å². The number of aliphatic imine (C=N–C) groups is 1. The first-order valence-corrected chi connectivity index (χ1v) is 8.95. The summed E-state index contributed by atoms with van der Waals surface area (Å²) in [5, 5.41) is 6.25. The summed E-state index contributed by atoms with van der Waals surface area (Å²) < 4.78 is 0. The molecule has 1 aliphatic rings. The van der Waals surface area contributed by atoms with Crippen LogP contribution in [0.5, 0.6) is 0 Å². The first-order valence-electron chi connectivity index (χ1n) is 8.95. The highest BCUT2D eigenvalue weighted by atomic mass is 16.2. The van der Waals surface area contributed by atoms with Gasteiger partial charge in [0.2, 0.25) is 11.8 Å². The van der Waals surface area contributed by atoms with Crippen molar-refractivity contribution >= 4 is 17.8 Å². The molecule has 1 saturated carbocycles. The fourth-order valence-corrected chi connectivity index (χ4v) is 3.37. The number of hydrogen-bond donors (Lipinski definition) is 2. The van der Waals surface area contributed by atoms with Crippen molar-refractivity contribution in [1.29, 1.82) is 0 Å². The molecule has 0 atom stereocenters. The monoisotopic (exact) mass is 353 g/mol. The van der Waals surface area contributed by atoms with Crippen LogP contribution in [0.1, 0.15) is 46.5 Å². The molecule has 7 nitrogen and oxygen atoms in total. The van der Waals surface area contributed by atoms with Crippen molar-refractivity contribution in [3.8, 4) is 0 Å². The fourth-order valence-electron chi connectivity index (χ4n) is 3.37. The lowest BCUT2D eigenvalue weighted by Crippen LogP contribution is -2.52. The van der Waals surface area contributed by atoms with Crippen LogP contribution in [0.3, 0.4) is 0 Å². The van der Waals surface area contributed by atoms with Gasteiger partial charge in [0.1, 0.15) is 0 Å². The number of carbonyl (C=O) groups is 2. The number of nitrogens with zero attached hydrogens (tertiary/aromatic N) is 3. The molecule has 7 heteroatoms. The van der Waals surface area contributed by atoms with E-state index in [1.807, 2.05) is 27.8 Å². The number of hydrogen-bond acceptors (Lipinski definition) is 3. The fraction of sp³-hybridized carbons (Fsp3) is 0.833. The van der Waals surface area contributed by atoms with Gasteiger partial charge in [-0.2, -0.15) is 0 Å². The minimum atomic E-state index is -0.367. The molecule has 2 amide bonds. The van der Waals surface area contributed by atoms with E-state index in [0.29, 0.717) is 12.5 Å². The minimum absolute atomic E-state index is 0.0575. The second kappa shape index (κ2) is 8.54. The third-order valence-corrected chi connectivity index (χ3v) is 4.47. The van der Waals surface area contributed by atoms with E-state index in [9.17, 15) is 9.59 Å². The summed E-state index contributed by atoms with van der Waals surface area (Å²) in [5.74, 6) is 0.737. The Balaban J connectivity index is 2.69. The van der Waals surface area contributed by atoms with Crippen LogP contribution in [-0.4, -0.2) is 74.4 Å². The Kier molecular flexibility index (Phi) is 7.26. The van der Waals surface area contributed by atoms with Gasteiger partial charge in [-0.1, -0.05) is 12.8 Å². The van der Waals surface area contributed by atoms with Crippen molar-refractivity contribution in [2.45, 2.75) is 52.0 Å². The van der Waals surface area contributed by atoms with E-state index in [4.69, 9.17) is 0 Å². The second-order valence-corrected chi connectivity index (χ2v) is 8.24. The van der Waals surface area contributed by atoms with Crippen molar-refractivity contribution in [1.82, 2.24) is 20.4 Å². The van der Waals surface area contributed by atoms with Crippen LogP contribution in [0.4, 0.5) is 0 Å².